The van der Waals surface area contributed by atoms with Crippen molar-refractivity contribution in [2.24, 2.45) is 11.8 Å². The molecular weight excluding hydrogens is 193 g/mol. The molecule has 4 heteroatoms. The number of aromatic nitrogens is 1. The van der Waals surface area contributed by atoms with E-state index in [1.54, 1.807) is 6.07 Å². The first-order valence-corrected chi connectivity index (χ1v) is 5.30. The molecule has 0 amide bonds. The van der Waals surface area contributed by atoms with Crippen LogP contribution in [-0.4, -0.2) is 4.98 Å². The highest BCUT2D eigenvalue weighted by Gasteiger charge is 2.19. The molecular formula is C11H18FN3. The molecule has 1 rings (SSSR count). The van der Waals surface area contributed by atoms with Crippen LogP contribution in [0.4, 0.5) is 4.39 Å². The van der Waals surface area contributed by atoms with Crippen molar-refractivity contribution < 1.29 is 4.39 Å². The number of halogens is 1. The summed E-state index contributed by atoms with van der Waals surface area (Å²) in [6.45, 7) is 4.23. The molecule has 0 aliphatic carbocycles. The Morgan fingerprint density at radius 1 is 1.40 bits per heavy atom. The van der Waals surface area contributed by atoms with Crippen molar-refractivity contribution in [2.75, 3.05) is 0 Å². The third-order valence-corrected chi connectivity index (χ3v) is 2.77. The van der Waals surface area contributed by atoms with Crippen LogP contribution < -0.4 is 11.3 Å². The van der Waals surface area contributed by atoms with Gasteiger partial charge in [-0.05, 0) is 18.1 Å². The summed E-state index contributed by atoms with van der Waals surface area (Å²) in [7, 11) is 0. The molecule has 0 fully saturated rings. The van der Waals surface area contributed by atoms with E-state index < -0.39 is 0 Å². The van der Waals surface area contributed by atoms with Crippen LogP contribution >= 0.6 is 0 Å². The lowest BCUT2D eigenvalue weighted by Gasteiger charge is -2.23. The van der Waals surface area contributed by atoms with Crippen molar-refractivity contribution in [3.8, 4) is 0 Å². The molecule has 0 aliphatic rings. The third-order valence-electron chi connectivity index (χ3n) is 2.77. The zero-order valence-corrected chi connectivity index (χ0v) is 9.20. The minimum absolute atomic E-state index is 0.000556. The molecule has 0 saturated carbocycles. The second-order valence-electron chi connectivity index (χ2n) is 3.62. The Balaban J connectivity index is 2.86. The lowest BCUT2D eigenvalue weighted by atomic mass is 9.92. The maximum absolute atomic E-state index is 12.7. The Bertz CT molecular complexity index is 282. The molecule has 0 radical (unpaired) electrons. The first-order valence-electron chi connectivity index (χ1n) is 5.30. The summed E-state index contributed by atoms with van der Waals surface area (Å²) in [4.78, 5) is 4.05. The van der Waals surface area contributed by atoms with E-state index >= 15 is 0 Å². The fraction of sp³-hybridized carbons (Fsp3) is 0.545. The molecule has 0 bridgehead atoms. The van der Waals surface area contributed by atoms with Crippen LogP contribution in [0.5, 0.6) is 0 Å². The van der Waals surface area contributed by atoms with Gasteiger partial charge in [-0.25, -0.2) is 4.39 Å². The smallest absolute Gasteiger partial charge is 0.141 e. The van der Waals surface area contributed by atoms with Crippen LogP contribution in [0.15, 0.2) is 18.3 Å². The average Bonchev–Trinajstić information content (AvgIpc) is 2.27. The predicted molar refractivity (Wildman–Crippen MR) is 58.3 cm³/mol. The topological polar surface area (TPSA) is 50.9 Å². The molecule has 1 heterocycles. The van der Waals surface area contributed by atoms with Gasteiger partial charge in [-0.15, -0.1) is 0 Å². The SMILES string of the molecule is CCC(CC)C(NN)c1ccc(F)cn1. The van der Waals surface area contributed by atoms with Crippen LogP contribution in [0.1, 0.15) is 38.4 Å². The summed E-state index contributed by atoms with van der Waals surface area (Å²) in [6.07, 6.45) is 3.26. The van der Waals surface area contributed by atoms with Crippen molar-refractivity contribution in [3.63, 3.8) is 0 Å². The Morgan fingerprint density at radius 3 is 2.47 bits per heavy atom. The Morgan fingerprint density at radius 2 is 2.07 bits per heavy atom. The van der Waals surface area contributed by atoms with E-state index in [2.05, 4.69) is 24.3 Å². The number of pyridine rings is 1. The summed E-state index contributed by atoms with van der Waals surface area (Å²) < 4.78 is 12.7. The maximum atomic E-state index is 12.7. The quantitative estimate of drug-likeness (QED) is 0.579. The minimum atomic E-state index is -0.320. The van der Waals surface area contributed by atoms with E-state index in [1.165, 1.54) is 12.3 Å². The van der Waals surface area contributed by atoms with Gasteiger partial charge in [0.05, 0.1) is 17.9 Å². The standard InChI is InChI=1S/C11H18FN3/c1-3-8(4-2)11(15-13)10-6-5-9(12)7-14-10/h5-8,11,15H,3-4,13H2,1-2H3. The van der Waals surface area contributed by atoms with E-state index in [-0.39, 0.29) is 11.9 Å². The summed E-state index contributed by atoms with van der Waals surface area (Å²) in [5.74, 6) is 5.61. The summed E-state index contributed by atoms with van der Waals surface area (Å²) >= 11 is 0. The number of hydrazine groups is 1. The van der Waals surface area contributed by atoms with Crippen molar-refractivity contribution in [1.29, 1.82) is 0 Å². The predicted octanol–water partition coefficient (Wildman–Crippen LogP) is 2.16. The van der Waals surface area contributed by atoms with Gasteiger partial charge in [0.25, 0.3) is 0 Å². The zero-order valence-electron chi connectivity index (χ0n) is 9.20. The molecule has 3 nitrogen and oxygen atoms in total. The van der Waals surface area contributed by atoms with Crippen LogP contribution in [0.3, 0.4) is 0 Å². The van der Waals surface area contributed by atoms with Gasteiger partial charge in [0.1, 0.15) is 5.82 Å². The zero-order chi connectivity index (χ0) is 11.3. The lowest BCUT2D eigenvalue weighted by molar-refractivity contribution is 0.339. The highest BCUT2D eigenvalue weighted by Crippen LogP contribution is 2.25. The van der Waals surface area contributed by atoms with Gasteiger partial charge in [-0.2, -0.15) is 0 Å². The molecule has 3 N–H and O–H groups in total. The van der Waals surface area contributed by atoms with Gasteiger partial charge < -0.3 is 0 Å². The van der Waals surface area contributed by atoms with Crippen LogP contribution in [0.2, 0.25) is 0 Å². The van der Waals surface area contributed by atoms with Gasteiger partial charge in [-0.1, -0.05) is 26.7 Å². The van der Waals surface area contributed by atoms with E-state index in [9.17, 15) is 4.39 Å². The van der Waals surface area contributed by atoms with E-state index in [1.807, 2.05) is 0 Å². The Kier molecular flexibility index (Phi) is 4.65. The number of hydrogen-bond donors (Lipinski definition) is 2. The summed E-state index contributed by atoms with van der Waals surface area (Å²) in [6, 6.07) is 3.09. The summed E-state index contributed by atoms with van der Waals surface area (Å²) in [5.41, 5.74) is 3.55. The average molecular weight is 211 g/mol. The molecule has 15 heavy (non-hydrogen) atoms. The van der Waals surface area contributed by atoms with E-state index in [0.717, 1.165) is 18.5 Å². The second kappa shape index (κ2) is 5.78. The maximum Gasteiger partial charge on any atom is 0.141 e. The monoisotopic (exact) mass is 211 g/mol. The van der Waals surface area contributed by atoms with Gasteiger partial charge in [0.2, 0.25) is 0 Å². The molecule has 0 spiro atoms. The number of nitrogens with zero attached hydrogens (tertiary/aromatic N) is 1. The molecule has 84 valence electrons. The third kappa shape index (κ3) is 2.97. The lowest BCUT2D eigenvalue weighted by Crippen LogP contribution is -2.33. The number of nitrogens with one attached hydrogen (secondary N) is 1. The van der Waals surface area contributed by atoms with Gasteiger partial charge in [-0.3, -0.25) is 16.3 Å². The largest absolute Gasteiger partial charge is 0.271 e. The van der Waals surface area contributed by atoms with Crippen LogP contribution in [0, 0.1) is 11.7 Å². The molecule has 1 aromatic heterocycles. The fourth-order valence-corrected chi connectivity index (χ4v) is 1.79. The first-order chi connectivity index (χ1) is 7.22. The van der Waals surface area contributed by atoms with Crippen molar-refractivity contribution in [1.82, 2.24) is 10.4 Å². The van der Waals surface area contributed by atoms with Crippen LogP contribution in [0.25, 0.3) is 0 Å². The Labute approximate surface area is 89.9 Å². The second-order valence-corrected chi connectivity index (χ2v) is 3.62. The number of rotatable bonds is 5. The molecule has 0 aromatic carbocycles. The number of nitrogens with two attached hydrogens (primary N) is 1. The molecule has 1 aromatic rings. The normalized spacial score (nSPS) is 13.1. The van der Waals surface area contributed by atoms with Crippen molar-refractivity contribution in [3.05, 3.63) is 29.8 Å². The number of hydrogen-bond acceptors (Lipinski definition) is 3. The minimum Gasteiger partial charge on any atom is -0.271 e. The fourth-order valence-electron chi connectivity index (χ4n) is 1.79. The van der Waals surface area contributed by atoms with Gasteiger partial charge in [0, 0.05) is 0 Å². The van der Waals surface area contributed by atoms with Crippen molar-refractivity contribution >= 4 is 0 Å². The van der Waals surface area contributed by atoms with Crippen molar-refractivity contribution in [2.45, 2.75) is 32.7 Å². The van der Waals surface area contributed by atoms with Crippen LogP contribution in [-0.2, 0) is 0 Å². The van der Waals surface area contributed by atoms with Gasteiger partial charge in [0.15, 0.2) is 0 Å². The molecule has 1 atom stereocenters. The highest BCUT2D eigenvalue weighted by molar-refractivity contribution is 5.10. The molecule has 1 unspecified atom stereocenters. The molecule has 0 saturated heterocycles. The highest BCUT2D eigenvalue weighted by atomic mass is 19.1. The Hall–Kier alpha value is -1.00. The summed E-state index contributed by atoms with van der Waals surface area (Å²) in [5, 5.41) is 0. The first kappa shape index (κ1) is 12.1. The van der Waals surface area contributed by atoms with E-state index in [0.29, 0.717) is 5.92 Å². The molecule has 0 aliphatic heterocycles. The van der Waals surface area contributed by atoms with E-state index in [4.69, 9.17) is 5.84 Å². The van der Waals surface area contributed by atoms with Gasteiger partial charge >= 0.3 is 0 Å².